The first-order valence-corrected chi connectivity index (χ1v) is 13.3. The van der Waals surface area contributed by atoms with E-state index in [-0.39, 0.29) is 30.5 Å². The van der Waals surface area contributed by atoms with Crippen molar-refractivity contribution in [2.75, 3.05) is 13.2 Å². The molecule has 1 aromatic rings. The van der Waals surface area contributed by atoms with Crippen LogP contribution in [-0.4, -0.2) is 76.4 Å². The van der Waals surface area contributed by atoms with Crippen LogP contribution in [0.1, 0.15) is 58.9 Å². The highest BCUT2D eigenvalue weighted by atomic mass is 16.7. The maximum Gasteiger partial charge on any atom is 0.302 e. The summed E-state index contributed by atoms with van der Waals surface area (Å²) in [4.78, 5) is 11.3. The molecule has 10 atom stereocenters. The van der Waals surface area contributed by atoms with Crippen LogP contribution in [0.2, 0.25) is 0 Å². The zero-order valence-electron chi connectivity index (χ0n) is 22.2. The number of furan rings is 1. The third-order valence-electron chi connectivity index (χ3n) is 9.54. The Labute approximate surface area is 218 Å². The fourth-order valence-electron chi connectivity index (χ4n) is 7.02. The van der Waals surface area contributed by atoms with E-state index in [4.69, 9.17) is 18.6 Å². The molecule has 0 aromatic carbocycles. The number of aliphatic hydroxyl groups excluding tert-OH is 4. The Morgan fingerprint density at radius 2 is 1.95 bits per heavy atom. The molecular formula is C28H42O9. The van der Waals surface area contributed by atoms with Crippen molar-refractivity contribution >= 4 is 5.97 Å². The minimum absolute atomic E-state index is 0.0415. The molecule has 0 radical (unpaired) electrons. The average Bonchev–Trinajstić information content (AvgIpc) is 3.39. The Bertz CT molecular complexity index is 945. The van der Waals surface area contributed by atoms with E-state index in [2.05, 4.69) is 26.8 Å². The molecule has 4 rings (SSSR count). The number of carbonyl (C=O) groups is 1. The number of rotatable bonds is 8. The summed E-state index contributed by atoms with van der Waals surface area (Å²) < 4.78 is 22.6. The number of aryl methyl sites for hydroxylation is 1. The van der Waals surface area contributed by atoms with Crippen molar-refractivity contribution in [1.82, 2.24) is 0 Å². The van der Waals surface area contributed by atoms with Gasteiger partial charge in [0.1, 0.15) is 31.0 Å². The van der Waals surface area contributed by atoms with Crippen LogP contribution < -0.4 is 0 Å². The summed E-state index contributed by atoms with van der Waals surface area (Å²) in [5.74, 6) is -0.0884. The maximum atomic E-state index is 11.3. The summed E-state index contributed by atoms with van der Waals surface area (Å²) in [6, 6.07) is 2.00. The first-order valence-electron chi connectivity index (χ1n) is 13.3. The lowest BCUT2D eigenvalue weighted by atomic mass is 9.45. The van der Waals surface area contributed by atoms with E-state index in [0.29, 0.717) is 6.42 Å². The Hall–Kier alpha value is -1.75. The summed E-state index contributed by atoms with van der Waals surface area (Å²) >= 11 is 0. The Morgan fingerprint density at radius 1 is 1.19 bits per heavy atom. The Morgan fingerprint density at radius 3 is 2.59 bits per heavy atom. The largest absolute Gasteiger partial charge is 0.472 e. The van der Waals surface area contributed by atoms with Gasteiger partial charge in [-0.25, -0.2) is 0 Å². The van der Waals surface area contributed by atoms with E-state index < -0.39 is 48.2 Å². The van der Waals surface area contributed by atoms with Crippen molar-refractivity contribution in [2.24, 2.45) is 22.7 Å². The summed E-state index contributed by atoms with van der Waals surface area (Å²) in [6.45, 7) is 7.57. The minimum Gasteiger partial charge on any atom is -0.472 e. The molecule has 2 aliphatic carbocycles. The molecule has 9 heteroatoms. The molecule has 0 bridgehead atoms. The fourth-order valence-corrected chi connectivity index (χ4v) is 7.02. The normalized spacial score (nSPS) is 42.1. The predicted molar refractivity (Wildman–Crippen MR) is 133 cm³/mol. The van der Waals surface area contributed by atoms with Crippen LogP contribution in [0.5, 0.6) is 0 Å². The average molecular weight is 523 g/mol. The third kappa shape index (κ3) is 5.27. The zero-order chi connectivity index (χ0) is 27.0. The van der Waals surface area contributed by atoms with Gasteiger partial charge >= 0.3 is 5.97 Å². The van der Waals surface area contributed by atoms with E-state index in [1.807, 2.05) is 6.07 Å². The van der Waals surface area contributed by atoms with Gasteiger partial charge in [-0.2, -0.15) is 0 Å². The first kappa shape index (κ1) is 28.3. The minimum atomic E-state index is -1.52. The van der Waals surface area contributed by atoms with E-state index in [9.17, 15) is 25.2 Å². The van der Waals surface area contributed by atoms with Gasteiger partial charge in [0.25, 0.3) is 0 Å². The zero-order valence-corrected chi connectivity index (χ0v) is 22.2. The number of carbonyl (C=O) groups excluding carboxylic acids is 1. The van der Waals surface area contributed by atoms with Crippen molar-refractivity contribution in [3.05, 3.63) is 35.8 Å². The van der Waals surface area contributed by atoms with Crippen LogP contribution in [0, 0.1) is 22.7 Å². The Balaban J connectivity index is 1.60. The van der Waals surface area contributed by atoms with Crippen LogP contribution in [-0.2, 0) is 25.4 Å². The van der Waals surface area contributed by atoms with Crippen molar-refractivity contribution in [3.63, 3.8) is 0 Å². The topological polar surface area (TPSA) is 139 Å². The lowest BCUT2D eigenvalue weighted by Gasteiger charge is -2.61. The second-order valence-electron chi connectivity index (χ2n) is 11.5. The van der Waals surface area contributed by atoms with Crippen molar-refractivity contribution in [3.8, 4) is 0 Å². The van der Waals surface area contributed by atoms with Gasteiger partial charge in [0, 0.05) is 12.3 Å². The highest BCUT2D eigenvalue weighted by Crippen LogP contribution is 2.62. The third-order valence-corrected chi connectivity index (χ3v) is 9.54. The molecule has 0 amide bonds. The lowest BCUT2D eigenvalue weighted by molar-refractivity contribution is -0.328. The molecule has 37 heavy (non-hydrogen) atoms. The summed E-state index contributed by atoms with van der Waals surface area (Å²) in [6.07, 6.45) is 2.76. The highest BCUT2D eigenvalue weighted by molar-refractivity contribution is 5.65. The second-order valence-corrected chi connectivity index (χ2v) is 11.5. The lowest BCUT2D eigenvalue weighted by Crippen LogP contribution is -2.63. The van der Waals surface area contributed by atoms with Gasteiger partial charge in [0.2, 0.25) is 0 Å². The fraction of sp³-hybridized carbons (Fsp3) is 0.750. The molecule has 4 N–H and O–H groups in total. The predicted octanol–water partition coefficient (Wildman–Crippen LogP) is 2.35. The molecule has 1 saturated heterocycles. The van der Waals surface area contributed by atoms with Crippen molar-refractivity contribution in [1.29, 1.82) is 0 Å². The molecule has 2 heterocycles. The van der Waals surface area contributed by atoms with E-state index in [1.54, 1.807) is 12.5 Å². The Kier molecular flexibility index (Phi) is 8.52. The van der Waals surface area contributed by atoms with Crippen LogP contribution in [0.25, 0.3) is 0 Å². The van der Waals surface area contributed by atoms with Gasteiger partial charge in [-0.1, -0.05) is 26.8 Å². The maximum absolute atomic E-state index is 11.3. The van der Waals surface area contributed by atoms with Gasteiger partial charge in [0.15, 0.2) is 6.29 Å². The molecule has 1 aromatic heterocycles. The number of fused-ring (bicyclic) bond motifs is 1. The highest BCUT2D eigenvalue weighted by Gasteiger charge is 2.60. The standard InChI is InChI=1S/C28H42O9/c1-16-12-22(37-26-25(33)24(32)23(31)20(36-26)15-35-17(2)30)28(4)19(13-29)6-5-7-21(28)27(16,3)10-8-18-9-11-34-14-18/h6,9,11,14,16,20-26,29,31-33H,5,7-8,10,12-13,15H2,1-4H3/t16-,20-,21-,22+,23-,24+,25+,26+,27+,28+/m1/s1. The molecule has 0 unspecified atom stereocenters. The van der Waals surface area contributed by atoms with E-state index in [0.717, 1.165) is 36.8 Å². The van der Waals surface area contributed by atoms with Crippen molar-refractivity contribution in [2.45, 2.75) is 96.6 Å². The van der Waals surface area contributed by atoms with Gasteiger partial charge in [0.05, 0.1) is 25.2 Å². The summed E-state index contributed by atoms with van der Waals surface area (Å²) in [7, 11) is 0. The quantitative estimate of drug-likeness (QED) is 0.299. The first-order chi connectivity index (χ1) is 17.5. The van der Waals surface area contributed by atoms with Crippen molar-refractivity contribution < 1.29 is 43.8 Å². The van der Waals surface area contributed by atoms with Crippen LogP contribution in [0.4, 0.5) is 0 Å². The van der Waals surface area contributed by atoms with E-state index in [1.165, 1.54) is 6.92 Å². The number of hydrogen-bond acceptors (Lipinski definition) is 9. The molecule has 9 nitrogen and oxygen atoms in total. The van der Waals surface area contributed by atoms with Gasteiger partial charge < -0.3 is 39.1 Å². The molecule has 0 spiro atoms. The summed E-state index contributed by atoms with van der Waals surface area (Å²) in [5, 5.41) is 42.0. The monoisotopic (exact) mass is 522 g/mol. The van der Waals surface area contributed by atoms with Crippen LogP contribution in [0.3, 0.4) is 0 Å². The molecule has 1 aliphatic heterocycles. The van der Waals surface area contributed by atoms with Crippen LogP contribution in [0.15, 0.2) is 34.7 Å². The smallest absolute Gasteiger partial charge is 0.302 e. The van der Waals surface area contributed by atoms with Gasteiger partial charge in [-0.15, -0.1) is 0 Å². The summed E-state index contributed by atoms with van der Waals surface area (Å²) in [5.41, 5.74) is 1.50. The number of allylic oxidation sites excluding steroid dienone is 1. The number of esters is 1. The SMILES string of the molecule is CC(=O)OC[C@H]1O[C@@H](O[C@H]2C[C@@H](C)[C@](C)(CCc3ccoc3)[C@H]3CCC=C(CO)[C@]23C)[C@@H](O)[C@@H](O)[C@@H]1O. The molecule has 1 saturated carbocycles. The second kappa shape index (κ2) is 11.2. The van der Waals surface area contributed by atoms with Gasteiger partial charge in [-0.05, 0) is 66.6 Å². The molecule has 208 valence electrons. The molecular weight excluding hydrogens is 480 g/mol. The number of hydrogen-bond donors (Lipinski definition) is 4. The number of aliphatic hydroxyl groups is 4. The molecule has 2 fully saturated rings. The van der Waals surface area contributed by atoms with Crippen LogP contribution >= 0.6 is 0 Å². The van der Waals surface area contributed by atoms with E-state index >= 15 is 0 Å². The molecule has 3 aliphatic rings. The number of ether oxygens (including phenoxy) is 3. The van der Waals surface area contributed by atoms with Gasteiger partial charge in [-0.3, -0.25) is 4.79 Å².